The molecule has 0 saturated heterocycles. The number of hydrogen-bond donors (Lipinski definition) is 0. The van der Waals surface area contributed by atoms with Gasteiger partial charge < -0.3 is 0 Å². The Bertz CT molecular complexity index is 1320. The zero-order valence-electron chi connectivity index (χ0n) is 19.8. The van der Waals surface area contributed by atoms with Gasteiger partial charge in [0.1, 0.15) is 5.69 Å². The van der Waals surface area contributed by atoms with Crippen LogP contribution in [-0.2, 0) is 24.1 Å². The standard InChI is InChI=1S/C25H24F3N7O/c1-3-10-33-15-20(12-30-33)23-21(19-7-4-17(2)5-8-19)13-31-35-24(23)32-34(16-36-35)14-18-6-9-22(29-11-18)25(26,27)28/h4-9,11-13,15H,3,10,14,16H2,1-2H3. The van der Waals surface area contributed by atoms with E-state index in [1.54, 1.807) is 17.4 Å². The van der Waals surface area contributed by atoms with Crippen molar-refractivity contribution in [3.05, 3.63) is 82.9 Å². The molecule has 4 heterocycles. The largest absolute Gasteiger partial charge is 0.433 e. The molecule has 5 rings (SSSR count). The second kappa shape index (κ2) is 9.57. The summed E-state index contributed by atoms with van der Waals surface area (Å²) in [6, 6.07) is 10.5. The maximum atomic E-state index is 12.9. The highest BCUT2D eigenvalue weighted by Gasteiger charge is 2.33. The summed E-state index contributed by atoms with van der Waals surface area (Å²) in [5, 5.41) is 16.7. The molecule has 2 aliphatic rings. The summed E-state index contributed by atoms with van der Waals surface area (Å²) < 4.78 is 40.5. The van der Waals surface area contributed by atoms with E-state index in [0.717, 1.165) is 46.9 Å². The highest BCUT2D eigenvalue weighted by atomic mass is 19.4. The molecule has 186 valence electrons. The zero-order valence-corrected chi connectivity index (χ0v) is 19.8. The summed E-state index contributed by atoms with van der Waals surface area (Å²) in [6.07, 6.45) is 3.16. The molecule has 2 aromatic heterocycles. The molecule has 1 aromatic carbocycles. The molecule has 0 radical (unpaired) electrons. The molecule has 0 saturated carbocycles. The minimum absolute atomic E-state index is 0.0735. The Labute approximate surface area is 206 Å². The van der Waals surface area contributed by atoms with Crippen molar-refractivity contribution in [3.63, 3.8) is 0 Å². The SMILES string of the molecule is CCCn1cc(C2=C(c3ccc(C)cc3)C=NN3OCN(Cc4ccc(C(F)(F)F)nc4)N=C23)cn1. The summed E-state index contributed by atoms with van der Waals surface area (Å²) in [5.41, 5.74) is 4.26. The van der Waals surface area contributed by atoms with Gasteiger partial charge in [-0.25, -0.2) is 4.84 Å². The Hall–Kier alpha value is -3.99. The van der Waals surface area contributed by atoms with Crippen LogP contribution in [0, 0.1) is 6.92 Å². The van der Waals surface area contributed by atoms with Crippen molar-refractivity contribution in [2.24, 2.45) is 10.2 Å². The van der Waals surface area contributed by atoms with Crippen LogP contribution in [0.2, 0.25) is 0 Å². The Balaban J connectivity index is 1.52. The Kier molecular flexibility index (Phi) is 6.31. The predicted octanol–water partition coefficient (Wildman–Crippen LogP) is 4.95. The first-order valence-electron chi connectivity index (χ1n) is 11.5. The number of amidine groups is 1. The number of fused-ring (bicyclic) bond motifs is 1. The van der Waals surface area contributed by atoms with Gasteiger partial charge in [-0.1, -0.05) is 42.8 Å². The normalized spacial score (nSPS) is 15.9. The van der Waals surface area contributed by atoms with Crippen LogP contribution in [0.1, 0.15) is 41.3 Å². The van der Waals surface area contributed by atoms with E-state index in [4.69, 9.17) is 9.94 Å². The molecule has 0 bridgehead atoms. The highest BCUT2D eigenvalue weighted by molar-refractivity contribution is 6.39. The van der Waals surface area contributed by atoms with Crippen molar-refractivity contribution < 1.29 is 18.0 Å². The number of rotatable bonds is 6. The molecule has 0 unspecified atom stereocenters. The fourth-order valence-corrected chi connectivity index (χ4v) is 3.97. The second-order valence-corrected chi connectivity index (χ2v) is 8.56. The molecular formula is C25H24F3N7O. The lowest BCUT2D eigenvalue weighted by Gasteiger charge is -2.33. The van der Waals surface area contributed by atoms with Gasteiger partial charge in [0.2, 0.25) is 5.84 Å². The third-order valence-corrected chi connectivity index (χ3v) is 5.75. The average molecular weight is 496 g/mol. The molecule has 2 aliphatic heterocycles. The first-order chi connectivity index (χ1) is 17.3. The number of allylic oxidation sites excluding steroid dienone is 1. The molecule has 8 nitrogen and oxygen atoms in total. The van der Waals surface area contributed by atoms with Crippen molar-refractivity contribution in [2.75, 3.05) is 6.73 Å². The number of hydrogen-bond acceptors (Lipinski definition) is 7. The van der Waals surface area contributed by atoms with Crippen LogP contribution in [0.3, 0.4) is 0 Å². The van der Waals surface area contributed by atoms with Crippen LogP contribution >= 0.6 is 0 Å². The molecule has 0 atom stereocenters. The monoisotopic (exact) mass is 495 g/mol. The minimum Gasteiger partial charge on any atom is -0.272 e. The van der Waals surface area contributed by atoms with E-state index < -0.39 is 11.9 Å². The van der Waals surface area contributed by atoms with Gasteiger partial charge in [-0.2, -0.15) is 28.5 Å². The fraction of sp³-hybridized carbons (Fsp3) is 0.280. The van der Waals surface area contributed by atoms with Crippen LogP contribution in [-0.4, -0.2) is 43.7 Å². The van der Waals surface area contributed by atoms with Crippen molar-refractivity contribution in [1.82, 2.24) is 24.9 Å². The number of hydroxylamine groups is 1. The number of aryl methyl sites for hydroxylation is 2. The Morgan fingerprint density at radius 2 is 1.83 bits per heavy atom. The maximum absolute atomic E-state index is 12.9. The van der Waals surface area contributed by atoms with Crippen LogP contribution in [0.25, 0.3) is 11.1 Å². The highest BCUT2D eigenvalue weighted by Crippen LogP contribution is 2.33. The van der Waals surface area contributed by atoms with Gasteiger partial charge in [0.15, 0.2) is 6.73 Å². The van der Waals surface area contributed by atoms with Crippen molar-refractivity contribution in [1.29, 1.82) is 0 Å². The van der Waals surface area contributed by atoms with Gasteiger partial charge >= 0.3 is 6.18 Å². The first kappa shape index (κ1) is 23.7. The summed E-state index contributed by atoms with van der Waals surface area (Å²) in [5.74, 6) is 0.468. The van der Waals surface area contributed by atoms with Gasteiger partial charge in [0.25, 0.3) is 0 Å². The number of halogens is 3. The molecular weight excluding hydrogens is 471 g/mol. The van der Waals surface area contributed by atoms with Crippen molar-refractivity contribution in [2.45, 2.75) is 39.5 Å². The molecule has 36 heavy (non-hydrogen) atoms. The number of hydrazone groups is 2. The van der Waals surface area contributed by atoms with Gasteiger partial charge in [0, 0.05) is 35.6 Å². The van der Waals surface area contributed by atoms with E-state index in [1.807, 2.05) is 42.1 Å². The third kappa shape index (κ3) is 4.87. The number of nitrogens with zero attached hydrogens (tertiary/aromatic N) is 7. The van der Waals surface area contributed by atoms with Crippen molar-refractivity contribution in [3.8, 4) is 0 Å². The number of aromatic nitrogens is 3. The summed E-state index contributed by atoms with van der Waals surface area (Å²) in [4.78, 5) is 9.37. The molecule has 3 aromatic rings. The minimum atomic E-state index is -4.48. The van der Waals surface area contributed by atoms with Gasteiger partial charge in [-0.3, -0.25) is 14.7 Å². The van der Waals surface area contributed by atoms with Crippen LogP contribution in [0.5, 0.6) is 0 Å². The summed E-state index contributed by atoms with van der Waals surface area (Å²) in [7, 11) is 0. The van der Waals surface area contributed by atoms with Gasteiger partial charge in [0.05, 0.1) is 19.0 Å². The summed E-state index contributed by atoms with van der Waals surface area (Å²) in [6.45, 7) is 5.18. The van der Waals surface area contributed by atoms with Crippen LogP contribution in [0.15, 0.2) is 65.2 Å². The maximum Gasteiger partial charge on any atom is 0.433 e. The quantitative estimate of drug-likeness (QED) is 0.484. The molecule has 0 aliphatic carbocycles. The molecule has 0 N–H and O–H groups in total. The lowest BCUT2D eigenvalue weighted by atomic mass is 9.95. The smallest absolute Gasteiger partial charge is 0.272 e. The average Bonchev–Trinajstić information content (AvgIpc) is 3.32. The molecule has 0 amide bonds. The third-order valence-electron chi connectivity index (χ3n) is 5.75. The van der Waals surface area contributed by atoms with Crippen LogP contribution < -0.4 is 0 Å². The lowest BCUT2D eigenvalue weighted by Crippen LogP contribution is -2.41. The van der Waals surface area contributed by atoms with Crippen molar-refractivity contribution >= 4 is 23.2 Å². The van der Waals surface area contributed by atoms with E-state index in [9.17, 15) is 13.2 Å². The molecule has 11 heteroatoms. The Morgan fingerprint density at radius 1 is 1.03 bits per heavy atom. The predicted molar refractivity (Wildman–Crippen MR) is 129 cm³/mol. The fourth-order valence-electron chi connectivity index (χ4n) is 3.97. The van der Waals surface area contributed by atoms with Gasteiger partial charge in [-0.15, -0.1) is 5.17 Å². The van der Waals surface area contributed by atoms with E-state index >= 15 is 0 Å². The van der Waals surface area contributed by atoms with E-state index in [0.29, 0.717) is 11.4 Å². The topological polar surface area (TPSA) is 71.1 Å². The zero-order chi connectivity index (χ0) is 25.3. The van der Waals surface area contributed by atoms with E-state index in [-0.39, 0.29) is 13.3 Å². The first-order valence-corrected chi connectivity index (χ1v) is 11.5. The van der Waals surface area contributed by atoms with E-state index in [2.05, 4.69) is 22.1 Å². The number of alkyl halides is 3. The Morgan fingerprint density at radius 3 is 2.53 bits per heavy atom. The lowest BCUT2D eigenvalue weighted by molar-refractivity contribution is -0.159. The second-order valence-electron chi connectivity index (χ2n) is 8.56. The number of benzene rings is 1. The molecule has 0 fully saturated rings. The number of pyridine rings is 1. The van der Waals surface area contributed by atoms with Crippen LogP contribution in [0.4, 0.5) is 13.2 Å². The van der Waals surface area contributed by atoms with Gasteiger partial charge in [-0.05, 0) is 30.5 Å². The van der Waals surface area contributed by atoms with E-state index in [1.165, 1.54) is 17.4 Å². The summed E-state index contributed by atoms with van der Waals surface area (Å²) >= 11 is 0. The molecule has 0 spiro atoms.